The number of hydrogen-bond donors (Lipinski definition) is 0. The van der Waals surface area contributed by atoms with E-state index in [1.807, 2.05) is 0 Å². The summed E-state index contributed by atoms with van der Waals surface area (Å²) in [6.45, 7) is 1.75. The molecule has 0 radical (unpaired) electrons. The number of Topliss-reactive ketones (excluding diaryl/α,β-unsaturated/α-hetero) is 1. The Balaban J connectivity index is 2.67. The van der Waals surface area contributed by atoms with Crippen molar-refractivity contribution in [3.63, 3.8) is 0 Å². The lowest BCUT2D eigenvalue weighted by Gasteiger charge is -2.08. The van der Waals surface area contributed by atoms with Gasteiger partial charge >= 0.3 is 5.97 Å². The maximum atomic E-state index is 11.6. The van der Waals surface area contributed by atoms with Crippen molar-refractivity contribution in [2.45, 2.75) is 31.4 Å². The van der Waals surface area contributed by atoms with Crippen molar-refractivity contribution in [3.8, 4) is 0 Å². The van der Waals surface area contributed by atoms with E-state index in [9.17, 15) is 18.0 Å². The van der Waals surface area contributed by atoms with Crippen molar-refractivity contribution in [2.75, 3.05) is 12.4 Å². The molecule has 0 aromatic carbocycles. The Bertz CT molecular complexity index is 357. The van der Waals surface area contributed by atoms with Crippen LogP contribution >= 0.6 is 0 Å². The molecule has 0 bridgehead atoms. The normalized spacial score (nSPS) is 21.7. The molecule has 5 nitrogen and oxygen atoms in total. The summed E-state index contributed by atoms with van der Waals surface area (Å²) < 4.78 is 27.8. The number of carbonyl (C=O) groups is 2. The van der Waals surface area contributed by atoms with Gasteiger partial charge in [0, 0.05) is 6.42 Å². The van der Waals surface area contributed by atoms with Crippen molar-refractivity contribution < 1.29 is 22.7 Å². The van der Waals surface area contributed by atoms with E-state index in [-0.39, 0.29) is 12.4 Å². The highest BCUT2D eigenvalue weighted by atomic mass is 32.2. The van der Waals surface area contributed by atoms with Crippen LogP contribution in [0.25, 0.3) is 0 Å². The van der Waals surface area contributed by atoms with Crippen LogP contribution in [0, 0.1) is 0 Å². The number of hydrogen-bond acceptors (Lipinski definition) is 5. The Morgan fingerprint density at radius 3 is 2.67 bits per heavy atom. The van der Waals surface area contributed by atoms with Crippen molar-refractivity contribution in [1.29, 1.82) is 0 Å². The summed E-state index contributed by atoms with van der Waals surface area (Å²) in [4.78, 5) is 22.2. The summed E-state index contributed by atoms with van der Waals surface area (Å²) in [5.41, 5.74) is 0. The van der Waals surface area contributed by atoms with Crippen molar-refractivity contribution in [2.24, 2.45) is 0 Å². The first-order valence-electron chi connectivity index (χ1n) is 4.87. The zero-order valence-corrected chi connectivity index (χ0v) is 9.38. The molecule has 1 aliphatic carbocycles. The largest absolute Gasteiger partial charge is 0.465 e. The third kappa shape index (κ3) is 3.02. The standard InChI is InChI=1S/C9H14O5S/c1-2-14-9(11)6-15(12,13)8-5-3-4-7(8)10/h8H,2-6H2,1H3. The highest BCUT2D eigenvalue weighted by Crippen LogP contribution is 2.22. The highest BCUT2D eigenvalue weighted by Gasteiger charge is 2.37. The van der Waals surface area contributed by atoms with Crippen LogP contribution < -0.4 is 0 Å². The predicted molar refractivity (Wildman–Crippen MR) is 53.1 cm³/mol. The SMILES string of the molecule is CCOC(=O)CS(=O)(=O)C1CCCC1=O. The highest BCUT2D eigenvalue weighted by molar-refractivity contribution is 7.93. The third-order valence-corrected chi connectivity index (χ3v) is 4.31. The Kier molecular flexibility index (Phi) is 3.84. The maximum absolute atomic E-state index is 11.6. The van der Waals surface area contributed by atoms with Gasteiger partial charge in [-0.15, -0.1) is 0 Å². The van der Waals surface area contributed by atoms with Gasteiger partial charge in [-0.05, 0) is 19.8 Å². The quantitative estimate of drug-likeness (QED) is 0.644. The van der Waals surface area contributed by atoms with Crippen LogP contribution in [0.2, 0.25) is 0 Å². The minimum atomic E-state index is -3.65. The lowest BCUT2D eigenvalue weighted by atomic mass is 10.3. The lowest BCUT2D eigenvalue weighted by Crippen LogP contribution is -2.31. The molecule has 0 saturated heterocycles. The zero-order chi connectivity index (χ0) is 11.5. The summed E-state index contributed by atoms with van der Waals surface area (Å²) in [5, 5.41) is -0.984. The Morgan fingerprint density at radius 2 is 2.20 bits per heavy atom. The smallest absolute Gasteiger partial charge is 0.321 e. The first kappa shape index (κ1) is 12.2. The topological polar surface area (TPSA) is 77.5 Å². The molecule has 86 valence electrons. The summed E-state index contributed by atoms with van der Waals surface area (Å²) in [7, 11) is -3.65. The van der Waals surface area contributed by atoms with Crippen LogP contribution in [0.3, 0.4) is 0 Å². The first-order chi connectivity index (χ1) is 6.97. The molecule has 0 spiro atoms. The van der Waals surface area contributed by atoms with Crippen LogP contribution in [0.15, 0.2) is 0 Å². The first-order valence-corrected chi connectivity index (χ1v) is 6.59. The minimum Gasteiger partial charge on any atom is -0.465 e. The van der Waals surface area contributed by atoms with Gasteiger partial charge in [-0.1, -0.05) is 0 Å². The molecule has 1 atom stereocenters. The molecule has 0 heterocycles. The summed E-state index contributed by atoms with van der Waals surface area (Å²) in [6, 6.07) is 0. The molecule has 0 N–H and O–H groups in total. The zero-order valence-electron chi connectivity index (χ0n) is 8.56. The molecule has 15 heavy (non-hydrogen) atoms. The summed E-state index contributed by atoms with van der Waals surface area (Å²) >= 11 is 0. The number of esters is 1. The van der Waals surface area contributed by atoms with Gasteiger partial charge in [0.15, 0.2) is 15.6 Å². The van der Waals surface area contributed by atoms with Crippen LogP contribution in [0.4, 0.5) is 0 Å². The number of carbonyl (C=O) groups excluding carboxylic acids is 2. The van der Waals surface area contributed by atoms with E-state index in [2.05, 4.69) is 4.74 Å². The fourth-order valence-electron chi connectivity index (χ4n) is 1.63. The second-order valence-corrected chi connectivity index (χ2v) is 5.64. The van der Waals surface area contributed by atoms with E-state index in [1.54, 1.807) is 6.92 Å². The van der Waals surface area contributed by atoms with E-state index < -0.39 is 26.8 Å². The predicted octanol–water partition coefficient (Wildman–Crippen LogP) is 0.0859. The number of sulfone groups is 1. The maximum Gasteiger partial charge on any atom is 0.321 e. The Hall–Kier alpha value is -0.910. The lowest BCUT2D eigenvalue weighted by molar-refractivity contribution is -0.139. The van der Waals surface area contributed by atoms with Crippen molar-refractivity contribution >= 4 is 21.6 Å². The van der Waals surface area contributed by atoms with Crippen LogP contribution in [-0.4, -0.2) is 37.8 Å². The van der Waals surface area contributed by atoms with Gasteiger partial charge in [0.05, 0.1) is 6.61 Å². The summed E-state index contributed by atoms with van der Waals surface area (Å²) in [6.07, 6.45) is 1.22. The molecular formula is C9H14O5S. The molecule has 0 aromatic heterocycles. The van der Waals surface area contributed by atoms with Gasteiger partial charge in [-0.25, -0.2) is 8.42 Å². The van der Waals surface area contributed by atoms with E-state index in [0.29, 0.717) is 19.3 Å². The molecule has 0 aliphatic heterocycles. The van der Waals surface area contributed by atoms with Crippen LogP contribution in [0.5, 0.6) is 0 Å². The third-order valence-electron chi connectivity index (χ3n) is 2.31. The number of rotatable bonds is 4. The van der Waals surface area contributed by atoms with Crippen LogP contribution in [0.1, 0.15) is 26.2 Å². The van der Waals surface area contributed by atoms with E-state index >= 15 is 0 Å². The van der Waals surface area contributed by atoms with E-state index in [4.69, 9.17) is 0 Å². The molecule has 1 fully saturated rings. The number of ketones is 1. The molecule has 0 amide bonds. The number of ether oxygens (including phenoxy) is 1. The molecule has 1 unspecified atom stereocenters. The Morgan fingerprint density at radius 1 is 1.53 bits per heavy atom. The summed E-state index contributed by atoms with van der Waals surface area (Å²) in [5.74, 6) is -1.74. The minimum absolute atomic E-state index is 0.146. The van der Waals surface area contributed by atoms with Gasteiger partial charge in [0.2, 0.25) is 0 Å². The average molecular weight is 234 g/mol. The van der Waals surface area contributed by atoms with Crippen LogP contribution in [-0.2, 0) is 24.2 Å². The average Bonchev–Trinajstić information content (AvgIpc) is 2.51. The fraction of sp³-hybridized carbons (Fsp3) is 0.778. The van der Waals surface area contributed by atoms with Gasteiger partial charge in [0.1, 0.15) is 11.0 Å². The van der Waals surface area contributed by atoms with Crippen molar-refractivity contribution in [1.82, 2.24) is 0 Å². The molecule has 1 saturated carbocycles. The second-order valence-electron chi connectivity index (χ2n) is 3.46. The fourth-order valence-corrected chi connectivity index (χ4v) is 3.29. The van der Waals surface area contributed by atoms with Gasteiger partial charge in [-0.2, -0.15) is 0 Å². The van der Waals surface area contributed by atoms with E-state index in [1.165, 1.54) is 0 Å². The molecule has 1 aliphatic rings. The van der Waals surface area contributed by atoms with E-state index in [0.717, 1.165) is 0 Å². The Labute approximate surface area is 88.7 Å². The molecule has 1 rings (SSSR count). The molecular weight excluding hydrogens is 220 g/mol. The van der Waals surface area contributed by atoms with Gasteiger partial charge in [-0.3, -0.25) is 9.59 Å². The second kappa shape index (κ2) is 4.74. The van der Waals surface area contributed by atoms with Crippen molar-refractivity contribution in [3.05, 3.63) is 0 Å². The van der Waals surface area contributed by atoms with Gasteiger partial charge in [0.25, 0.3) is 0 Å². The molecule has 0 aromatic rings. The molecule has 6 heteroatoms. The monoisotopic (exact) mass is 234 g/mol. The van der Waals surface area contributed by atoms with Gasteiger partial charge < -0.3 is 4.74 Å².